The summed E-state index contributed by atoms with van der Waals surface area (Å²) in [5, 5.41) is 13.8. The summed E-state index contributed by atoms with van der Waals surface area (Å²) in [6, 6.07) is 0. The van der Waals surface area contributed by atoms with Crippen LogP contribution in [0.15, 0.2) is 23.0 Å². The highest BCUT2D eigenvalue weighted by Gasteiger charge is 2.31. The molecule has 2 unspecified atom stereocenters. The summed E-state index contributed by atoms with van der Waals surface area (Å²) in [4.78, 5) is 11.8. The molecule has 0 amide bonds. The van der Waals surface area contributed by atoms with Gasteiger partial charge in [0.2, 0.25) is 0 Å². The fourth-order valence-corrected chi connectivity index (χ4v) is 5.94. The van der Waals surface area contributed by atoms with Crippen molar-refractivity contribution in [1.82, 2.24) is 0 Å². The molecule has 0 bridgehead atoms. The number of carbonyl (C=O) groups is 1. The van der Waals surface area contributed by atoms with Crippen LogP contribution in [0.25, 0.3) is 0 Å². The van der Waals surface area contributed by atoms with Gasteiger partial charge >= 0.3 is 5.97 Å². The van der Waals surface area contributed by atoms with E-state index in [1.54, 1.807) is 0 Å². The molecule has 0 spiro atoms. The van der Waals surface area contributed by atoms with Crippen LogP contribution in [0.4, 0.5) is 0 Å². The van der Waals surface area contributed by atoms with Gasteiger partial charge in [0.15, 0.2) is 0 Å². The molecule has 0 radical (unpaired) electrons. The van der Waals surface area contributed by atoms with Gasteiger partial charge in [0.1, 0.15) is 0 Å². The minimum atomic E-state index is -0.597. The Morgan fingerprint density at radius 2 is 1.32 bits per heavy atom. The van der Waals surface area contributed by atoms with Crippen LogP contribution in [0.3, 0.4) is 0 Å². The minimum Gasteiger partial charge on any atom is -0.480 e. The van der Waals surface area contributed by atoms with Crippen LogP contribution in [-0.2, 0) is 4.79 Å². The molecule has 0 aromatic rings. The predicted octanol–water partition coefficient (Wildman–Crippen LogP) is 7.21. The van der Waals surface area contributed by atoms with Gasteiger partial charge in [0, 0.05) is 0 Å². The first-order chi connectivity index (χ1) is 12.2. The van der Waals surface area contributed by atoms with E-state index in [0.717, 1.165) is 19.3 Å². The first kappa shape index (κ1) is 22.3. The molecule has 0 saturated carbocycles. The largest absolute Gasteiger partial charge is 0.480 e. The molecule has 1 N–H and O–H groups in total. The number of carboxylic acid groups (broad SMARTS) is 1. The Kier molecular flexibility index (Phi) is 12.9. The van der Waals surface area contributed by atoms with E-state index >= 15 is 0 Å². The molecule has 146 valence electrons. The first-order valence-corrected chi connectivity index (χ1v) is 12.1. The van der Waals surface area contributed by atoms with E-state index in [1.165, 1.54) is 64.2 Å². The van der Waals surface area contributed by atoms with Crippen molar-refractivity contribution in [3.8, 4) is 0 Å². The Bertz CT molecular complexity index is 391. The zero-order valence-corrected chi connectivity index (χ0v) is 17.4. The number of thiol groups is 1. The maximum absolute atomic E-state index is 11.8. The Labute approximate surface area is 158 Å². The molecule has 2 nitrogen and oxygen atoms in total. The third kappa shape index (κ3) is 9.53. The molecule has 0 aliphatic carbocycles. The smallest absolute Gasteiger partial charge is 0.315 e. The lowest BCUT2D eigenvalue weighted by Gasteiger charge is -2.29. The van der Waals surface area contributed by atoms with Crippen LogP contribution in [0.5, 0.6) is 0 Å². The molecule has 0 saturated heterocycles. The Balaban J connectivity index is 2.22. The monoisotopic (exact) mass is 368 g/mol. The average molecular weight is 369 g/mol. The van der Waals surface area contributed by atoms with E-state index < -0.39 is 16.9 Å². The molecule has 1 aliphatic rings. The molecular formula is C22H40O2S. The fraction of sp³-hybridized carbons (Fsp3) is 0.773. The quantitative estimate of drug-likeness (QED) is 0.223. The number of hydrogen-bond acceptors (Lipinski definition) is 1. The van der Waals surface area contributed by atoms with Crippen molar-refractivity contribution in [2.75, 3.05) is 0 Å². The summed E-state index contributed by atoms with van der Waals surface area (Å²) in [6.07, 6.45) is 20.7. The molecule has 3 heteroatoms. The zero-order chi connectivity index (χ0) is 18.3. The SMILES string of the molecule is CCCCCCCCCCCCC(CCC)C(C(=O)O)[SH]1C=CC=C1. The van der Waals surface area contributed by atoms with E-state index in [1.807, 2.05) is 12.2 Å². The normalized spacial score (nSPS) is 17.1. The third-order valence-corrected chi connectivity index (χ3v) is 7.55. The standard InChI is InChI=1S/C22H40O2S/c1-3-5-6-7-8-9-10-11-12-13-17-20(16-4-2)21(22(23)24)25-18-14-15-19-25/h14-15,18-21,25H,3-13,16-17H2,1-2H3,(H,23,24). The van der Waals surface area contributed by atoms with Crippen LogP contribution >= 0.6 is 10.9 Å². The molecule has 2 atom stereocenters. The van der Waals surface area contributed by atoms with Gasteiger partial charge in [0.05, 0.1) is 5.25 Å². The summed E-state index contributed by atoms with van der Waals surface area (Å²) in [5.74, 6) is -0.247. The maximum atomic E-state index is 11.8. The lowest BCUT2D eigenvalue weighted by molar-refractivity contribution is -0.137. The number of unbranched alkanes of at least 4 members (excludes halogenated alkanes) is 9. The van der Waals surface area contributed by atoms with Crippen molar-refractivity contribution in [1.29, 1.82) is 0 Å². The highest BCUT2D eigenvalue weighted by molar-refractivity contribution is 8.23. The minimum absolute atomic E-state index is 0.177. The highest BCUT2D eigenvalue weighted by Crippen LogP contribution is 2.44. The fourth-order valence-electron chi connectivity index (χ4n) is 3.83. The zero-order valence-electron chi connectivity index (χ0n) is 16.5. The van der Waals surface area contributed by atoms with E-state index in [2.05, 4.69) is 24.7 Å². The number of aliphatic carboxylic acids is 1. The van der Waals surface area contributed by atoms with Gasteiger partial charge in [-0.3, -0.25) is 4.79 Å². The summed E-state index contributed by atoms with van der Waals surface area (Å²) >= 11 is 0. The van der Waals surface area contributed by atoms with Crippen LogP contribution in [0.2, 0.25) is 0 Å². The van der Waals surface area contributed by atoms with Crippen LogP contribution in [0, 0.1) is 5.92 Å². The number of allylic oxidation sites excluding steroid dienone is 2. The Morgan fingerprint density at radius 3 is 1.80 bits per heavy atom. The van der Waals surface area contributed by atoms with Gasteiger partial charge < -0.3 is 5.11 Å². The van der Waals surface area contributed by atoms with E-state index in [9.17, 15) is 9.90 Å². The Hall–Kier alpha value is -0.700. The molecule has 1 heterocycles. The van der Waals surface area contributed by atoms with Crippen molar-refractivity contribution in [3.63, 3.8) is 0 Å². The van der Waals surface area contributed by atoms with Crippen molar-refractivity contribution < 1.29 is 9.90 Å². The Morgan fingerprint density at radius 1 is 0.800 bits per heavy atom. The van der Waals surface area contributed by atoms with Gasteiger partial charge in [-0.05, 0) is 29.6 Å². The van der Waals surface area contributed by atoms with E-state index in [-0.39, 0.29) is 5.25 Å². The topological polar surface area (TPSA) is 37.3 Å². The summed E-state index contributed by atoms with van der Waals surface area (Å²) in [6.45, 7) is 4.44. The molecule has 1 rings (SSSR count). The highest BCUT2D eigenvalue weighted by atomic mass is 32.2. The van der Waals surface area contributed by atoms with Crippen LogP contribution in [-0.4, -0.2) is 16.3 Å². The molecule has 0 aromatic carbocycles. The van der Waals surface area contributed by atoms with Crippen molar-refractivity contribution in [2.45, 2.75) is 103 Å². The number of carboxylic acids is 1. The average Bonchev–Trinajstić information content (AvgIpc) is 3.10. The van der Waals surface area contributed by atoms with Gasteiger partial charge in [0.25, 0.3) is 0 Å². The van der Waals surface area contributed by atoms with Gasteiger partial charge in [-0.25, -0.2) is 0 Å². The summed E-state index contributed by atoms with van der Waals surface area (Å²) < 4.78 is 0. The summed E-state index contributed by atoms with van der Waals surface area (Å²) in [7, 11) is -0.597. The maximum Gasteiger partial charge on any atom is 0.315 e. The van der Waals surface area contributed by atoms with Crippen molar-refractivity contribution >= 4 is 16.9 Å². The molecule has 25 heavy (non-hydrogen) atoms. The van der Waals surface area contributed by atoms with E-state index in [0.29, 0.717) is 5.92 Å². The second-order valence-electron chi connectivity index (χ2n) is 7.43. The molecular weight excluding hydrogens is 328 g/mol. The van der Waals surface area contributed by atoms with E-state index in [4.69, 9.17) is 0 Å². The number of hydrogen-bond donors (Lipinski definition) is 2. The van der Waals surface area contributed by atoms with Crippen molar-refractivity contribution in [2.24, 2.45) is 5.92 Å². The second kappa shape index (κ2) is 14.5. The van der Waals surface area contributed by atoms with Gasteiger partial charge in [-0.15, -0.1) is 0 Å². The first-order valence-electron chi connectivity index (χ1n) is 10.6. The second-order valence-corrected chi connectivity index (χ2v) is 9.48. The number of rotatable bonds is 16. The van der Waals surface area contributed by atoms with Gasteiger partial charge in [-0.2, -0.15) is 10.9 Å². The lowest BCUT2D eigenvalue weighted by Crippen LogP contribution is -2.28. The summed E-state index contributed by atoms with van der Waals surface area (Å²) in [5.41, 5.74) is 0. The third-order valence-electron chi connectivity index (χ3n) is 5.24. The lowest BCUT2D eigenvalue weighted by atomic mass is 9.92. The molecule has 1 aliphatic heterocycles. The molecule has 0 aromatic heterocycles. The van der Waals surface area contributed by atoms with Gasteiger partial charge in [-0.1, -0.05) is 96.6 Å². The molecule has 0 fully saturated rings. The van der Waals surface area contributed by atoms with Crippen LogP contribution < -0.4 is 0 Å². The van der Waals surface area contributed by atoms with Crippen molar-refractivity contribution in [3.05, 3.63) is 23.0 Å². The van der Waals surface area contributed by atoms with Crippen LogP contribution in [0.1, 0.15) is 97.3 Å². The predicted molar refractivity (Wildman–Crippen MR) is 114 cm³/mol.